The number of hydrogen-bond acceptors (Lipinski definition) is 4. The van der Waals surface area contributed by atoms with E-state index in [4.69, 9.17) is 9.47 Å². The topological polar surface area (TPSA) is 52.6 Å². The minimum absolute atomic E-state index is 0.0301. The average molecular weight is 377 g/mol. The normalized spacial score (nSPS) is 13.7. The van der Waals surface area contributed by atoms with Crippen molar-refractivity contribution in [3.63, 3.8) is 0 Å². The average Bonchev–Trinajstić information content (AvgIpc) is 2.61. The van der Waals surface area contributed by atoms with Crippen molar-refractivity contribution in [2.75, 3.05) is 0 Å². The summed E-state index contributed by atoms with van der Waals surface area (Å²) < 4.78 is 10.9. The third-order valence-electron chi connectivity index (χ3n) is 4.55. The summed E-state index contributed by atoms with van der Waals surface area (Å²) in [6.07, 6.45) is 5.41. The standard InChI is InChI=1S/C23H36O4/c1-6-20(22(25)27-23(3,4)5)16-12-7-9-13-18(2)21(24)26-17-19-14-10-8-11-15-19/h8,10-11,14-15,18,20H,6-7,9,12-13,16-17H2,1-5H3. The van der Waals surface area contributed by atoms with E-state index in [0.717, 1.165) is 44.1 Å². The van der Waals surface area contributed by atoms with Crippen molar-refractivity contribution in [2.24, 2.45) is 11.8 Å². The molecule has 0 aliphatic carbocycles. The van der Waals surface area contributed by atoms with Gasteiger partial charge in [0.15, 0.2) is 0 Å². The van der Waals surface area contributed by atoms with Crippen molar-refractivity contribution in [1.29, 1.82) is 0 Å². The van der Waals surface area contributed by atoms with E-state index in [1.807, 2.05) is 65.0 Å². The Balaban J connectivity index is 2.20. The smallest absolute Gasteiger partial charge is 0.309 e. The van der Waals surface area contributed by atoms with Crippen LogP contribution in [0, 0.1) is 11.8 Å². The van der Waals surface area contributed by atoms with Crippen LogP contribution in [0.1, 0.15) is 78.7 Å². The number of unbranched alkanes of at least 4 members (excludes halogenated alkanes) is 2. The molecular weight excluding hydrogens is 340 g/mol. The van der Waals surface area contributed by atoms with Gasteiger partial charge in [0.25, 0.3) is 0 Å². The molecule has 0 aliphatic rings. The van der Waals surface area contributed by atoms with Crippen molar-refractivity contribution >= 4 is 11.9 Å². The summed E-state index contributed by atoms with van der Waals surface area (Å²) in [5.41, 5.74) is 0.575. The quantitative estimate of drug-likeness (QED) is 0.368. The van der Waals surface area contributed by atoms with E-state index in [1.165, 1.54) is 0 Å². The Kier molecular flexibility index (Phi) is 10.1. The van der Waals surface area contributed by atoms with Gasteiger partial charge < -0.3 is 9.47 Å². The zero-order chi connectivity index (χ0) is 20.3. The van der Waals surface area contributed by atoms with Crippen LogP contribution in [0.15, 0.2) is 30.3 Å². The molecule has 2 atom stereocenters. The molecule has 0 spiro atoms. The molecule has 0 bridgehead atoms. The lowest BCUT2D eigenvalue weighted by molar-refractivity contribution is -0.160. The van der Waals surface area contributed by atoms with E-state index >= 15 is 0 Å². The lowest BCUT2D eigenvalue weighted by Crippen LogP contribution is -2.28. The molecule has 27 heavy (non-hydrogen) atoms. The molecule has 4 nitrogen and oxygen atoms in total. The molecular formula is C23H36O4. The highest BCUT2D eigenvalue weighted by molar-refractivity contribution is 5.72. The molecule has 1 rings (SSSR count). The van der Waals surface area contributed by atoms with Crippen molar-refractivity contribution in [3.8, 4) is 0 Å². The van der Waals surface area contributed by atoms with Crippen LogP contribution in [0.2, 0.25) is 0 Å². The summed E-state index contributed by atoms with van der Waals surface area (Å²) in [7, 11) is 0. The van der Waals surface area contributed by atoms with Gasteiger partial charge in [0.1, 0.15) is 12.2 Å². The molecule has 2 unspecified atom stereocenters. The predicted octanol–water partition coefficient (Wildman–Crippen LogP) is 5.68. The first-order valence-corrected chi connectivity index (χ1v) is 10.2. The van der Waals surface area contributed by atoms with Gasteiger partial charge in [0.05, 0.1) is 11.8 Å². The number of esters is 2. The summed E-state index contributed by atoms with van der Waals surface area (Å²) in [6, 6.07) is 9.72. The molecule has 4 heteroatoms. The first kappa shape index (κ1) is 23.2. The molecule has 0 aromatic heterocycles. The van der Waals surface area contributed by atoms with Crippen molar-refractivity contribution in [2.45, 2.75) is 85.4 Å². The van der Waals surface area contributed by atoms with E-state index in [0.29, 0.717) is 6.61 Å². The van der Waals surface area contributed by atoms with E-state index in [1.54, 1.807) is 0 Å². The predicted molar refractivity (Wildman–Crippen MR) is 108 cm³/mol. The van der Waals surface area contributed by atoms with E-state index in [-0.39, 0.29) is 23.8 Å². The molecule has 1 aromatic rings. The summed E-state index contributed by atoms with van der Waals surface area (Å²) in [4.78, 5) is 24.2. The van der Waals surface area contributed by atoms with Crippen LogP contribution in [-0.2, 0) is 25.7 Å². The number of carbonyl (C=O) groups is 2. The summed E-state index contributed by atoms with van der Waals surface area (Å²) in [5, 5.41) is 0. The Morgan fingerprint density at radius 1 is 0.963 bits per heavy atom. The molecule has 0 heterocycles. The zero-order valence-corrected chi connectivity index (χ0v) is 17.6. The Hall–Kier alpha value is -1.84. The van der Waals surface area contributed by atoms with Gasteiger partial charge in [0.2, 0.25) is 0 Å². The van der Waals surface area contributed by atoms with Crippen LogP contribution in [0.25, 0.3) is 0 Å². The number of hydrogen-bond donors (Lipinski definition) is 0. The third kappa shape index (κ3) is 10.2. The maximum atomic E-state index is 12.2. The molecule has 0 saturated heterocycles. The van der Waals surface area contributed by atoms with Crippen LogP contribution in [0.5, 0.6) is 0 Å². The fraction of sp³-hybridized carbons (Fsp3) is 0.652. The fourth-order valence-electron chi connectivity index (χ4n) is 2.88. The van der Waals surface area contributed by atoms with Crippen LogP contribution in [0.3, 0.4) is 0 Å². The maximum Gasteiger partial charge on any atom is 0.309 e. The molecule has 0 fully saturated rings. The second-order valence-corrected chi connectivity index (χ2v) is 8.27. The van der Waals surface area contributed by atoms with Gasteiger partial charge in [0, 0.05) is 0 Å². The maximum absolute atomic E-state index is 12.2. The molecule has 0 aliphatic heterocycles. The highest BCUT2D eigenvalue weighted by Gasteiger charge is 2.23. The van der Waals surface area contributed by atoms with Gasteiger partial charge >= 0.3 is 11.9 Å². The van der Waals surface area contributed by atoms with Gasteiger partial charge in [-0.3, -0.25) is 9.59 Å². The first-order valence-electron chi connectivity index (χ1n) is 10.2. The van der Waals surface area contributed by atoms with Gasteiger partial charge in [-0.05, 0) is 45.6 Å². The molecule has 0 amide bonds. The number of ether oxygens (including phenoxy) is 2. The van der Waals surface area contributed by atoms with E-state index in [9.17, 15) is 9.59 Å². The molecule has 0 saturated carbocycles. The number of carbonyl (C=O) groups excluding carboxylic acids is 2. The highest BCUT2D eigenvalue weighted by atomic mass is 16.6. The lowest BCUT2D eigenvalue weighted by Gasteiger charge is -2.23. The van der Waals surface area contributed by atoms with Crippen LogP contribution in [-0.4, -0.2) is 17.5 Å². The molecule has 1 aromatic carbocycles. The van der Waals surface area contributed by atoms with Crippen LogP contribution in [0.4, 0.5) is 0 Å². The first-order chi connectivity index (χ1) is 12.7. The number of rotatable bonds is 11. The minimum atomic E-state index is -0.431. The molecule has 0 radical (unpaired) electrons. The zero-order valence-electron chi connectivity index (χ0n) is 17.6. The van der Waals surface area contributed by atoms with Crippen molar-refractivity contribution in [3.05, 3.63) is 35.9 Å². The monoisotopic (exact) mass is 376 g/mol. The van der Waals surface area contributed by atoms with Gasteiger partial charge in [-0.2, -0.15) is 0 Å². The van der Waals surface area contributed by atoms with Gasteiger partial charge in [-0.1, -0.05) is 63.4 Å². The van der Waals surface area contributed by atoms with Gasteiger partial charge in [-0.15, -0.1) is 0 Å². The summed E-state index contributed by atoms with van der Waals surface area (Å²) in [6.45, 7) is 9.97. The van der Waals surface area contributed by atoms with Gasteiger partial charge in [-0.25, -0.2) is 0 Å². The Morgan fingerprint density at radius 3 is 2.19 bits per heavy atom. The fourth-order valence-corrected chi connectivity index (χ4v) is 2.88. The van der Waals surface area contributed by atoms with E-state index < -0.39 is 5.60 Å². The molecule has 0 N–H and O–H groups in total. The minimum Gasteiger partial charge on any atom is -0.461 e. The van der Waals surface area contributed by atoms with Crippen LogP contribution < -0.4 is 0 Å². The Labute approximate surface area is 164 Å². The van der Waals surface area contributed by atoms with Crippen molar-refractivity contribution < 1.29 is 19.1 Å². The lowest BCUT2D eigenvalue weighted by atomic mass is 9.96. The number of benzene rings is 1. The SMILES string of the molecule is CCC(CCCCCC(C)C(=O)OCc1ccccc1)C(=O)OC(C)(C)C. The second-order valence-electron chi connectivity index (χ2n) is 8.27. The molecule has 152 valence electrons. The van der Waals surface area contributed by atoms with Crippen molar-refractivity contribution in [1.82, 2.24) is 0 Å². The summed E-state index contributed by atoms with van der Waals surface area (Å²) >= 11 is 0. The third-order valence-corrected chi connectivity index (χ3v) is 4.55. The summed E-state index contributed by atoms with van der Waals surface area (Å²) in [5.74, 6) is -0.360. The second kappa shape index (κ2) is 11.8. The highest BCUT2D eigenvalue weighted by Crippen LogP contribution is 2.20. The van der Waals surface area contributed by atoms with E-state index in [2.05, 4.69) is 0 Å². The Bertz CT molecular complexity index is 559. The Morgan fingerprint density at radius 2 is 1.59 bits per heavy atom. The van der Waals surface area contributed by atoms with Crippen LogP contribution >= 0.6 is 0 Å². The largest absolute Gasteiger partial charge is 0.461 e.